The number of rotatable bonds is 4. The Hall–Kier alpha value is -0.470. The molecule has 4 nitrogen and oxygen atoms in total. The van der Waals surface area contributed by atoms with E-state index in [9.17, 15) is 0 Å². The maximum atomic E-state index is 6.05. The first kappa shape index (κ1) is 18.6. The predicted octanol–water partition coefficient (Wildman–Crippen LogP) is 2.23. The maximum absolute atomic E-state index is 6.05. The van der Waals surface area contributed by atoms with Gasteiger partial charge in [-0.15, -0.1) is 24.0 Å². The lowest BCUT2D eigenvalue weighted by atomic mass is 10.1. The van der Waals surface area contributed by atoms with Crippen molar-refractivity contribution in [2.24, 2.45) is 10.7 Å². The molecular formula is C15H25IN4S. The van der Waals surface area contributed by atoms with Gasteiger partial charge in [0.1, 0.15) is 0 Å². The fourth-order valence-electron chi connectivity index (χ4n) is 2.18. The summed E-state index contributed by atoms with van der Waals surface area (Å²) >= 11 is 1.98. The number of aliphatic imine (C=N–C) groups is 1. The van der Waals surface area contributed by atoms with Crippen LogP contribution in [-0.2, 0) is 13.1 Å². The molecule has 2 N–H and O–H groups in total. The molecular weight excluding hydrogens is 395 g/mol. The fourth-order valence-corrected chi connectivity index (χ4v) is 3.08. The van der Waals surface area contributed by atoms with Gasteiger partial charge >= 0.3 is 0 Å². The smallest absolute Gasteiger partial charge is 0.191 e. The van der Waals surface area contributed by atoms with Crippen molar-refractivity contribution in [2.75, 3.05) is 38.7 Å². The Bertz CT molecular complexity index is 441. The molecule has 1 heterocycles. The second-order valence-electron chi connectivity index (χ2n) is 5.33. The van der Waals surface area contributed by atoms with Crippen molar-refractivity contribution in [2.45, 2.75) is 13.1 Å². The van der Waals surface area contributed by atoms with E-state index in [1.54, 1.807) is 0 Å². The summed E-state index contributed by atoms with van der Waals surface area (Å²) in [5.41, 5.74) is 8.59. The van der Waals surface area contributed by atoms with Crippen LogP contribution in [0.3, 0.4) is 0 Å². The Balaban J connectivity index is 0.00000220. The van der Waals surface area contributed by atoms with Crippen molar-refractivity contribution in [3.05, 3.63) is 35.4 Å². The third kappa shape index (κ3) is 6.44. The number of hydrogen-bond donors (Lipinski definition) is 1. The molecule has 1 saturated heterocycles. The summed E-state index contributed by atoms with van der Waals surface area (Å²) in [7, 11) is 4.16. The quantitative estimate of drug-likeness (QED) is 0.461. The molecule has 0 atom stereocenters. The van der Waals surface area contributed by atoms with Gasteiger partial charge in [-0.2, -0.15) is 11.8 Å². The van der Waals surface area contributed by atoms with E-state index in [0.29, 0.717) is 12.5 Å². The maximum Gasteiger partial charge on any atom is 0.191 e. The van der Waals surface area contributed by atoms with Gasteiger partial charge < -0.3 is 15.5 Å². The topological polar surface area (TPSA) is 44.9 Å². The second-order valence-corrected chi connectivity index (χ2v) is 6.55. The Morgan fingerprint density at radius 2 is 1.76 bits per heavy atom. The van der Waals surface area contributed by atoms with Gasteiger partial charge in [0.15, 0.2) is 5.96 Å². The summed E-state index contributed by atoms with van der Waals surface area (Å²) in [6.07, 6.45) is 0. The second kappa shape index (κ2) is 9.53. The van der Waals surface area contributed by atoms with Crippen LogP contribution in [-0.4, -0.2) is 54.4 Å². The molecule has 2 rings (SSSR count). The largest absolute Gasteiger partial charge is 0.370 e. The van der Waals surface area contributed by atoms with Crippen LogP contribution < -0.4 is 5.73 Å². The lowest BCUT2D eigenvalue weighted by Gasteiger charge is -2.27. The molecule has 1 aromatic carbocycles. The standard InChI is InChI=1S/C15H24N4S.HI/c1-18(2)12-14-5-3-13(4-6-14)11-17-15(16)19-7-9-20-10-8-19;/h3-6H,7-12H2,1-2H3,(H2,16,17);1H. The zero-order valence-electron chi connectivity index (χ0n) is 12.8. The van der Waals surface area contributed by atoms with Crippen molar-refractivity contribution in [1.29, 1.82) is 0 Å². The van der Waals surface area contributed by atoms with Crippen LogP contribution in [0.2, 0.25) is 0 Å². The minimum atomic E-state index is 0. The molecule has 0 bridgehead atoms. The lowest BCUT2D eigenvalue weighted by Crippen LogP contribution is -2.42. The van der Waals surface area contributed by atoms with Crippen LogP contribution in [0.15, 0.2) is 29.3 Å². The third-order valence-electron chi connectivity index (χ3n) is 3.28. The van der Waals surface area contributed by atoms with Crippen molar-refractivity contribution >= 4 is 41.7 Å². The number of benzene rings is 1. The van der Waals surface area contributed by atoms with E-state index in [1.807, 2.05) is 11.8 Å². The number of guanidine groups is 1. The van der Waals surface area contributed by atoms with Crippen LogP contribution in [0.4, 0.5) is 0 Å². The average Bonchev–Trinajstić information content (AvgIpc) is 2.46. The Morgan fingerprint density at radius 1 is 1.19 bits per heavy atom. The van der Waals surface area contributed by atoms with Gasteiger partial charge in [0.05, 0.1) is 6.54 Å². The van der Waals surface area contributed by atoms with Gasteiger partial charge in [-0.1, -0.05) is 24.3 Å². The predicted molar refractivity (Wildman–Crippen MR) is 103 cm³/mol. The molecule has 21 heavy (non-hydrogen) atoms. The lowest BCUT2D eigenvalue weighted by molar-refractivity contribution is 0.402. The van der Waals surface area contributed by atoms with Crippen molar-refractivity contribution in [1.82, 2.24) is 9.80 Å². The molecule has 0 aromatic heterocycles. The molecule has 0 unspecified atom stereocenters. The molecule has 0 amide bonds. The van der Waals surface area contributed by atoms with Crippen molar-refractivity contribution < 1.29 is 0 Å². The number of thioether (sulfide) groups is 1. The first-order valence-electron chi connectivity index (χ1n) is 7.00. The highest BCUT2D eigenvalue weighted by Crippen LogP contribution is 2.10. The molecule has 0 aliphatic carbocycles. The molecule has 0 radical (unpaired) electrons. The Morgan fingerprint density at radius 3 is 2.33 bits per heavy atom. The van der Waals surface area contributed by atoms with E-state index in [0.717, 1.165) is 31.1 Å². The van der Waals surface area contributed by atoms with Gasteiger partial charge in [-0.3, -0.25) is 0 Å². The van der Waals surface area contributed by atoms with Crippen LogP contribution >= 0.6 is 35.7 Å². The van der Waals surface area contributed by atoms with Crippen LogP contribution in [0.5, 0.6) is 0 Å². The summed E-state index contributed by atoms with van der Waals surface area (Å²) < 4.78 is 0. The monoisotopic (exact) mass is 420 g/mol. The van der Waals surface area contributed by atoms with E-state index >= 15 is 0 Å². The first-order chi connectivity index (χ1) is 9.65. The summed E-state index contributed by atoms with van der Waals surface area (Å²) in [4.78, 5) is 8.85. The molecule has 6 heteroatoms. The van der Waals surface area contributed by atoms with Crippen LogP contribution in [0.1, 0.15) is 11.1 Å². The molecule has 118 valence electrons. The minimum absolute atomic E-state index is 0. The normalized spacial score (nSPS) is 16.0. The van der Waals surface area contributed by atoms with E-state index in [-0.39, 0.29) is 24.0 Å². The molecule has 0 spiro atoms. The van der Waals surface area contributed by atoms with Crippen LogP contribution in [0, 0.1) is 0 Å². The Kier molecular flexibility index (Phi) is 8.43. The van der Waals surface area contributed by atoms with Gasteiger partial charge in [0, 0.05) is 31.1 Å². The molecule has 1 aliphatic heterocycles. The summed E-state index contributed by atoms with van der Waals surface area (Å²) in [5.74, 6) is 2.98. The molecule has 1 aliphatic rings. The fraction of sp³-hybridized carbons (Fsp3) is 0.533. The average molecular weight is 420 g/mol. The SMILES string of the molecule is CN(C)Cc1ccc(CN=C(N)N2CCSCC2)cc1.I. The molecule has 1 aromatic rings. The summed E-state index contributed by atoms with van der Waals surface area (Å²) in [6, 6.07) is 8.61. The number of hydrogen-bond acceptors (Lipinski definition) is 3. The summed E-state index contributed by atoms with van der Waals surface area (Å²) in [6.45, 7) is 3.67. The van der Waals surface area contributed by atoms with Crippen molar-refractivity contribution in [3.8, 4) is 0 Å². The highest BCUT2D eigenvalue weighted by atomic mass is 127. The third-order valence-corrected chi connectivity index (χ3v) is 4.22. The zero-order chi connectivity index (χ0) is 14.4. The number of halogens is 1. The number of nitrogens with zero attached hydrogens (tertiary/aromatic N) is 3. The highest BCUT2D eigenvalue weighted by molar-refractivity contribution is 14.0. The van der Waals surface area contributed by atoms with E-state index in [1.165, 1.54) is 11.1 Å². The van der Waals surface area contributed by atoms with E-state index in [4.69, 9.17) is 5.73 Å². The van der Waals surface area contributed by atoms with Crippen molar-refractivity contribution in [3.63, 3.8) is 0 Å². The first-order valence-corrected chi connectivity index (χ1v) is 8.16. The van der Waals surface area contributed by atoms with Gasteiger partial charge in [-0.25, -0.2) is 4.99 Å². The number of nitrogens with two attached hydrogens (primary N) is 1. The zero-order valence-corrected chi connectivity index (χ0v) is 15.9. The Labute approximate surface area is 149 Å². The summed E-state index contributed by atoms with van der Waals surface area (Å²) in [5, 5.41) is 0. The van der Waals surface area contributed by atoms with E-state index in [2.05, 4.69) is 53.2 Å². The molecule has 1 fully saturated rings. The molecule has 0 saturated carbocycles. The van der Waals surface area contributed by atoms with Gasteiger partial charge in [-0.05, 0) is 25.2 Å². The van der Waals surface area contributed by atoms with Gasteiger partial charge in [0.25, 0.3) is 0 Å². The van der Waals surface area contributed by atoms with Gasteiger partial charge in [0.2, 0.25) is 0 Å². The van der Waals surface area contributed by atoms with E-state index < -0.39 is 0 Å². The highest BCUT2D eigenvalue weighted by Gasteiger charge is 2.11. The van der Waals surface area contributed by atoms with Crippen LogP contribution in [0.25, 0.3) is 0 Å². The minimum Gasteiger partial charge on any atom is -0.370 e.